The summed E-state index contributed by atoms with van der Waals surface area (Å²) in [5, 5.41) is 27.8. The number of rotatable bonds is 13. The molecule has 48 heavy (non-hydrogen) atoms. The molecule has 0 radical (unpaired) electrons. The molecule has 0 aliphatic heterocycles. The summed E-state index contributed by atoms with van der Waals surface area (Å²) in [6.45, 7) is 6.33. The van der Waals surface area contributed by atoms with E-state index in [1.807, 2.05) is 50.2 Å². The fraction of sp³-hybridized carbons (Fsp3) is 0.444. The van der Waals surface area contributed by atoms with E-state index < -0.39 is 11.2 Å². The van der Waals surface area contributed by atoms with Gasteiger partial charge in [-0.1, -0.05) is 59.6 Å². The zero-order chi connectivity index (χ0) is 34.1. The number of aliphatic hydroxyl groups is 2. The molecule has 254 valence electrons. The quantitative estimate of drug-likeness (QED) is 0.130. The standard InChI is InChI=1S/C36H42Cl2N6O4/c1-35(45)11-21(12-35)15-39-17-29-33(47-3)43-27(19-41-29)25-9-5-7-23(31(25)37)24-8-6-10-26(32(24)38)28-20-42-30(34(44-28)48-4)18-40-16-22-13-36(2,46)14-22/h5-10,19-22,39-40,45-46H,11-18H2,1-4H3/t21-,22-,35-,36-. The van der Waals surface area contributed by atoms with Gasteiger partial charge in [0, 0.05) is 35.3 Å². The molecule has 2 aromatic carbocycles. The van der Waals surface area contributed by atoms with Crippen LogP contribution >= 0.6 is 23.2 Å². The van der Waals surface area contributed by atoms with Crippen LogP contribution in [0.3, 0.4) is 0 Å². The van der Waals surface area contributed by atoms with Crippen molar-refractivity contribution in [2.45, 2.75) is 63.8 Å². The minimum Gasteiger partial charge on any atom is -0.480 e. The highest BCUT2D eigenvalue weighted by molar-refractivity contribution is 6.39. The molecule has 2 heterocycles. The first-order valence-electron chi connectivity index (χ1n) is 16.2. The molecular weight excluding hydrogens is 651 g/mol. The number of halogens is 2. The van der Waals surface area contributed by atoms with E-state index in [1.54, 1.807) is 26.6 Å². The fourth-order valence-electron chi connectivity index (χ4n) is 6.94. The largest absolute Gasteiger partial charge is 0.480 e. The number of hydrogen-bond acceptors (Lipinski definition) is 10. The molecule has 2 fully saturated rings. The van der Waals surface area contributed by atoms with Gasteiger partial charge in [-0.25, -0.2) is 9.97 Å². The second-order valence-electron chi connectivity index (χ2n) is 13.6. The predicted molar refractivity (Wildman–Crippen MR) is 187 cm³/mol. The van der Waals surface area contributed by atoms with E-state index in [-0.39, 0.29) is 0 Å². The molecule has 10 nitrogen and oxygen atoms in total. The highest BCUT2D eigenvalue weighted by Gasteiger charge is 2.38. The van der Waals surface area contributed by atoms with Crippen LogP contribution < -0.4 is 20.1 Å². The zero-order valence-corrected chi connectivity index (χ0v) is 29.2. The van der Waals surface area contributed by atoms with Gasteiger partial charge in [0.15, 0.2) is 0 Å². The lowest BCUT2D eigenvalue weighted by Crippen LogP contribution is -2.44. The molecule has 2 aromatic heterocycles. The summed E-state index contributed by atoms with van der Waals surface area (Å²) in [6, 6.07) is 11.4. The number of benzene rings is 2. The van der Waals surface area contributed by atoms with Crippen LogP contribution in [-0.4, -0.2) is 68.7 Å². The number of ether oxygens (including phenoxy) is 2. The van der Waals surface area contributed by atoms with E-state index in [0.29, 0.717) is 80.6 Å². The van der Waals surface area contributed by atoms with Gasteiger partial charge in [-0.3, -0.25) is 9.97 Å². The Labute approximate surface area is 291 Å². The van der Waals surface area contributed by atoms with Gasteiger partial charge in [0.25, 0.3) is 0 Å². The maximum absolute atomic E-state index is 9.99. The number of methoxy groups -OCH3 is 2. The van der Waals surface area contributed by atoms with Crippen molar-refractivity contribution in [3.05, 3.63) is 70.2 Å². The summed E-state index contributed by atoms with van der Waals surface area (Å²) >= 11 is 14.1. The molecule has 2 aliphatic rings. The summed E-state index contributed by atoms with van der Waals surface area (Å²) in [7, 11) is 3.15. The summed E-state index contributed by atoms with van der Waals surface area (Å²) in [6.07, 6.45) is 6.57. The van der Waals surface area contributed by atoms with E-state index in [9.17, 15) is 10.2 Å². The van der Waals surface area contributed by atoms with Gasteiger partial charge < -0.3 is 30.3 Å². The van der Waals surface area contributed by atoms with E-state index >= 15 is 0 Å². The van der Waals surface area contributed by atoms with Crippen molar-refractivity contribution in [1.29, 1.82) is 0 Å². The molecule has 12 heteroatoms. The highest BCUT2D eigenvalue weighted by Crippen LogP contribution is 2.42. The molecule has 6 rings (SSSR count). The average Bonchev–Trinajstić information content (AvgIpc) is 3.03. The average molecular weight is 694 g/mol. The van der Waals surface area contributed by atoms with Crippen LogP contribution in [-0.2, 0) is 13.1 Å². The first-order valence-corrected chi connectivity index (χ1v) is 17.0. The van der Waals surface area contributed by atoms with Gasteiger partial charge in [0.05, 0.1) is 59.2 Å². The Kier molecular flexibility index (Phi) is 10.2. The zero-order valence-electron chi connectivity index (χ0n) is 27.7. The first-order chi connectivity index (χ1) is 23.0. The second kappa shape index (κ2) is 14.2. The lowest BCUT2D eigenvalue weighted by molar-refractivity contribution is -0.0565. The summed E-state index contributed by atoms with van der Waals surface area (Å²) in [5.41, 5.74) is 4.32. The maximum atomic E-state index is 9.99. The Bertz CT molecular complexity index is 1640. The molecule has 0 amide bonds. The number of aromatic nitrogens is 4. The normalized spacial score (nSPS) is 23.3. The molecule has 0 saturated heterocycles. The first kappa shape index (κ1) is 34.5. The third-order valence-electron chi connectivity index (χ3n) is 9.21. The topological polar surface area (TPSA) is 135 Å². The van der Waals surface area contributed by atoms with Crippen molar-refractivity contribution in [2.24, 2.45) is 11.8 Å². The SMILES string of the molecule is COc1nc(-c2cccc(-c3cccc(-c4cnc(CNC[C@H]5C[C@](C)(O)C5)c(OC)n4)c3Cl)c2Cl)cnc1CNC[C@H]1C[C@](C)(O)C1. The summed E-state index contributed by atoms with van der Waals surface area (Å²) in [5.74, 6) is 1.74. The molecule has 2 saturated carbocycles. The maximum Gasteiger partial charge on any atom is 0.237 e. The van der Waals surface area contributed by atoms with Gasteiger partial charge in [0.2, 0.25) is 11.8 Å². The molecule has 4 aromatic rings. The lowest BCUT2D eigenvalue weighted by atomic mass is 9.72. The van der Waals surface area contributed by atoms with Crippen LogP contribution in [0.25, 0.3) is 33.6 Å². The summed E-state index contributed by atoms with van der Waals surface area (Å²) < 4.78 is 11.2. The fourth-order valence-corrected chi connectivity index (χ4v) is 7.59. The van der Waals surface area contributed by atoms with Crippen LogP contribution in [0.2, 0.25) is 10.0 Å². The monoisotopic (exact) mass is 692 g/mol. The van der Waals surface area contributed by atoms with E-state index in [4.69, 9.17) is 42.6 Å². The Hall–Kier alpha value is -3.38. The third-order valence-corrected chi connectivity index (χ3v) is 10.0. The van der Waals surface area contributed by atoms with Crippen LogP contribution in [0.5, 0.6) is 11.8 Å². The van der Waals surface area contributed by atoms with Crippen molar-refractivity contribution < 1.29 is 19.7 Å². The van der Waals surface area contributed by atoms with E-state index in [0.717, 1.165) is 49.9 Å². The highest BCUT2D eigenvalue weighted by atomic mass is 35.5. The Balaban J connectivity index is 1.19. The molecule has 0 atom stereocenters. The molecule has 0 spiro atoms. The van der Waals surface area contributed by atoms with Gasteiger partial charge in [0.1, 0.15) is 11.4 Å². The van der Waals surface area contributed by atoms with Gasteiger partial charge >= 0.3 is 0 Å². The van der Waals surface area contributed by atoms with Crippen LogP contribution in [0, 0.1) is 11.8 Å². The minimum atomic E-state index is -0.545. The van der Waals surface area contributed by atoms with Crippen molar-refractivity contribution >= 4 is 23.2 Å². The molecule has 4 N–H and O–H groups in total. The van der Waals surface area contributed by atoms with Gasteiger partial charge in [-0.15, -0.1) is 0 Å². The Morgan fingerprint density at radius 2 is 1.06 bits per heavy atom. The van der Waals surface area contributed by atoms with Crippen molar-refractivity contribution in [3.8, 4) is 45.4 Å². The van der Waals surface area contributed by atoms with Crippen LogP contribution in [0.4, 0.5) is 0 Å². The van der Waals surface area contributed by atoms with E-state index in [1.165, 1.54) is 0 Å². The number of nitrogens with one attached hydrogen (secondary N) is 2. The Morgan fingerprint density at radius 3 is 1.42 bits per heavy atom. The minimum absolute atomic E-state index is 0.421. The van der Waals surface area contributed by atoms with Crippen LogP contribution in [0.1, 0.15) is 50.9 Å². The van der Waals surface area contributed by atoms with Crippen molar-refractivity contribution in [3.63, 3.8) is 0 Å². The molecular formula is C36H42Cl2N6O4. The summed E-state index contributed by atoms with van der Waals surface area (Å²) in [4.78, 5) is 18.8. The predicted octanol–water partition coefficient (Wildman–Crippen LogP) is 6.09. The van der Waals surface area contributed by atoms with Gasteiger partial charge in [-0.2, -0.15) is 0 Å². The number of nitrogens with zero attached hydrogens (tertiary/aromatic N) is 4. The lowest BCUT2D eigenvalue weighted by Gasteiger charge is -2.41. The molecule has 2 aliphatic carbocycles. The third kappa shape index (κ3) is 7.59. The van der Waals surface area contributed by atoms with Crippen molar-refractivity contribution in [1.82, 2.24) is 30.6 Å². The van der Waals surface area contributed by atoms with Gasteiger partial charge in [-0.05, 0) is 64.5 Å². The molecule has 0 bridgehead atoms. The molecule has 0 unspecified atom stereocenters. The Morgan fingerprint density at radius 1 is 0.688 bits per heavy atom. The van der Waals surface area contributed by atoms with Crippen molar-refractivity contribution in [2.75, 3.05) is 27.3 Å². The second-order valence-corrected chi connectivity index (χ2v) is 14.3. The number of hydrogen-bond donors (Lipinski definition) is 4. The smallest absolute Gasteiger partial charge is 0.237 e. The van der Waals surface area contributed by atoms with Crippen LogP contribution in [0.15, 0.2) is 48.8 Å². The van der Waals surface area contributed by atoms with E-state index in [2.05, 4.69) is 20.6 Å².